The summed E-state index contributed by atoms with van der Waals surface area (Å²) in [5.74, 6) is 2.44. The fourth-order valence-corrected chi connectivity index (χ4v) is 4.59. The van der Waals surface area contributed by atoms with Gasteiger partial charge in [-0.05, 0) is 46.1 Å². The molecular weight excluding hydrogens is 352 g/mol. The summed E-state index contributed by atoms with van der Waals surface area (Å²) in [4.78, 5) is 19.1. The van der Waals surface area contributed by atoms with E-state index in [0.29, 0.717) is 12.0 Å². The van der Waals surface area contributed by atoms with Gasteiger partial charge in [0.1, 0.15) is 5.82 Å². The van der Waals surface area contributed by atoms with Crippen LogP contribution in [0.5, 0.6) is 0 Å². The summed E-state index contributed by atoms with van der Waals surface area (Å²) in [6, 6.07) is 0.619. The predicted octanol–water partition coefficient (Wildman–Crippen LogP) is 1.37. The van der Waals surface area contributed by atoms with Crippen LogP contribution in [0.15, 0.2) is 0 Å². The zero-order chi connectivity index (χ0) is 20.3. The van der Waals surface area contributed by atoms with Crippen molar-refractivity contribution in [1.29, 1.82) is 0 Å². The van der Waals surface area contributed by atoms with E-state index in [-0.39, 0.29) is 6.61 Å². The van der Waals surface area contributed by atoms with Crippen molar-refractivity contribution in [3.63, 3.8) is 0 Å². The summed E-state index contributed by atoms with van der Waals surface area (Å²) in [5, 5.41) is 9.43. The summed E-state index contributed by atoms with van der Waals surface area (Å²) >= 11 is 0. The van der Waals surface area contributed by atoms with Crippen LogP contribution in [0.2, 0.25) is 0 Å². The first kappa shape index (κ1) is 21.3. The Kier molecular flexibility index (Phi) is 7.12. The number of aromatic nitrogens is 2. The number of anilines is 2. The first-order valence-corrected chi connectivity index (χ1v) is 10.7. The molecule has 3 rings (SSSR count). The molecule has 28 heavy (non-hydrogen) atoms. The number of aryl methyl sites for hydroxylation is 1. The number of nitrogens with zero attached hydrogens (tertiary/aromatic N) is 6. The van der Waals surface area contributed by atoms with Gasteiger partial charge in [-0.1, -0.05) is 0 Å². The molecule has 7 heteroatoms. The third-order valence-electron chi connectivity index (χ3n) is 6.49. The van der Waals surface area contributed by atoms with E-state index >= 15 is 0 Å². The van der Waals surface area contributed by atoms with Crippen LogP contribution in [-0.2, 0) is 0 Å². The third kappa shape index (κ3) is 4.75. The number of likely N-dealkylation sites (N-methyl/N-ethyl adjacent to an activating group) is 1. The lowest BCUT2D eigenvalue weighted by Crippen LogP contribution is -2.56. The van der Waals surface area contributed by atoms with Gasteiger partial charge in [-0.2, -0.15) is 4.98 Å². The van der Waals surface area contributed by atoms with E-state index in [4.69, 9.17) is 4.98 Å². The Morgan fingerprint density at radius 3 is 2.43 bits per heavy atom. The van der Waals surface area contributed by atoms with Crippen LogP contribution >= 0.6 is 0 Å². The number of piperidine rings is 1. The second-order valence-corrected chi connectivity index (χ2v) is 8.72. The highest BCUT2D eigenvalue weighted by Crippen LogP contribution is 2.31. The highest BCUT2D eigenvalue weighted by molar-refractivity contribution is 5.52. The van der Waals surface area contributed by atoms with Gasteiger partial charge >= 0.3 is 0 Å². The molecule has 0 spiro atoms. The Morgan fingerprint density at radius 2 is 1.79 bits per heavy atom. The van der Waals surface area contributed by atoms with Crippen LogP contribution in [-0.4, -0.2) is 97.9 Å². The molecule has 0 radical (unpaired) electrons. The number of aliphatic hydroxyl groups is 1. The molecule has 0 saturated carbocycles. The first-order valence-electron chi connectivity index (χ1n) is 10.7. The maximum absolute atomic E-state index is 9.43. The van der Waals surface area contributed by atoms with Gasteiger partial charge in [-0.25, -0.2) is 4.98 Å². The molecule has 1 aromatic heterocycles. The van der Waals surface area contributed by atoms with Crippen molar-refractivity contribution < 1.29 is 5.11 Å². The summed E-state index contributed by atoms with van der Waals surface area (Å²) in [6.45, 7) is 11.2. The summed E-state index contributed by atoms with van der Waals surface area (Å²) < 4.78 is 0. The van der Waals surface area contributed by atoms with Gasteiger partial charge in [0.2, 0.25) is 5.95 Å². The Balaban J connectivity index is 1.79. The van der Waals surface area contributed by atoms with E-state index in [2.05, 4.69) is 40.6 Å². The molecule has 0 unspecified atom stereocenters. The average molecular weight is 391 g/mol. The van der Waals surface area contributed by atoms with Crippen LogP contribution in [0.3, 0.4) is 0 Å². The van der Waals surface area contributed by atoms with Crippen molar-refractivity contribution in [2.24, 2.45) is 5.92 Å². The molecule has 1 N–H and O–H groups in total. The molecule has 2 saturated heterocycles. The van der Waals surface area contributed by atoms with Gasteiger partial charge < -0.3 is 19.8 Å². The first-order chi connectivity index (χ1) is 13.4. The number of aliphatic hydroxyl groups excluding tert-OH is 1. The molecule has 2 aliphatic heterocycles. The number of rotatable bonds is 6. The van der Waals surface area contributed by atoms with E-state index < -0.39 is 0 Å². The van der Waals surface area contributed by atoms with Crippen LogP contribution < -0.4 is 9.80 Å². The van der Waals surface area contributed by atoms with E-state index in [9.17, 15) is 5.11 Å². The minimum atomic E-state index is 0.280. The van der Waals surface area contributed by atoms with Crippen LogP contribution in [0.1, 0.15) is 30.5 Å². The van der Waals surface area contributed by atoms with Gasteiger partial charge in [-0.15, -0.1) is 0 Å². The van der Waals surface area contributed by atoms with Crippen LogP contribution in [0.25, 0.3) is 0 Å². The highest BCUT2D eigenvalue weighted by atomic mass is 16.2. The molecule has 1 aromatic rings. The Hall–Kier alpha value is -1.44. The number of hydrogen-bond acceptors (Lipinski definition) is 7. The van der Waals surface area contributed by atoms with E-state index in [1.807, 2.05) is 19.0 Å². The van der Waals surface area contributed by atoms with Crippen molar-refractivity contribution >= 4 is 11.8 Å². The van der Waals surface area contributed by atoms with Crippen molar-refractivity contribution in [3.05, 3.63) is 11.3 Å². The topological polar surface area (TPSA) is 59.0 Å². The normalized spacial score (nSPS) is 24.6. The minimum Gasteiger partial charge on any atom is -0.396 e. The molecule has 2 fully saturated rings. The van der Waals surface area contributed by atoms with Gasteiger partial charge in [0, 0.05) is 77.3 Å². The summed E-state index contributed by atoms with van der Waals surface area (Å²) in [6.07, 6.45) is 3.13. The highest BCUT2D eigenvalue weighted by Gasteiger charge is 2.35. The fourth-order valence-electron chi connectivity index (χ4n) is 4.59. The quantitative estimate of drug-likeness (QED) is 0.787. The molecule has 7 nitrogen and oxygen atoms in total. The largest absolute Gasteiger partial charge is 0.396 e. The van der Waals surface area contributed by atoms with E-state index in [1.54, 1.807) is 0 Å². The van der Waals surface area contributed by atoms with Gasteiger partial charge in [0.15, 0.2) is 0 Å². The van der Waals surface area contributed by atoms with Crippen molar-refractivity contribution in [2.75, 3.05) is 76.8 Å². The maximum Gasteiger partial charge on any atom is 0.227 e. The molecule has 0 aliphatic carbocycles. The second-order valence-electron chi connectivity index (χ2n) is 8.72. The zero-order valence-corrected chi connectivity index (χ0v) is 18.4. The predicted molar refractivity (Wildman–Crippen MR) is 115 cm³/mol. The standard InChI is InChI=1S/C21H38N6O/c1-16-17(2)22-21(24(3)4)23-20(16)27-9-8-19(18(15-27)7-6-14-28)26-12-10-25(5)11-13-26/h18-19,28H,6-15H2,1-5H3/t18-,19+/m1/s1. The van der Waals surface area contributed by atoms with Gasteiger partial charge in [-0.3, -0.25) is 4.90 Å². The monoisotopic (exact) mass is 390 g/mol. The van der Waals surface area contributed by atoms with E-state index in [1.165, 1.54) is 12.0 Å². The molecule has 3 heterocycles. The number of hydrogen-bond donors (Lipinski definition) is 1. The SMILES string of the molecule is Cc1nc(N(C)C)nc(N2CC[C@H](N3CCN(C)CC3)[C@H](CCCO)C2)c1C. The fraction of sp³-hybridized carbons (Fsp3) is 0.810. The number of piperazine rings is 1. The molecule has 158 valence electrons. The average Bonchev–Trinajstić information content (AvgIpc) is 2.68. The lowest BCUT2D eigenvalue weighted by molar-refractivity contribution is 0.0637. The van der Waals surface area contributed by atoms with Crippen LogP contribution in [0, 0.1) is 19.8 Å². The van der Waals surface area contributed by atoms with Crippen molar-refractivity contribution in [1.82, 2.24) is 19.8 Å². The molecule has 0 amide bonds. The van der Waals surface area contributed by atoms with Crippen LogP contribution in [0.4, 0.5) is 11.8 Å². The van der Waals surface area contributed by atoms with Crippen molar-refractivity contribution in [3.8, 4) is 0 Å². The third-order valence-corrected chi connectivity index (χ3v) is 6.49. The minimum absolute atomic E-state index is 0.280. The Bertz CT molecular complexity index is 644. The Labute approximate surface area is 170 Å². The van der Waals surface area contributed by atoms with Gasteiger partial charge in [0.25, 0.3) is 0 Å². The molecule has 2 atom stereocenters. The zero-order valence-electron chi connectivity index (χ0n) is 18.4. The van der Waals surface area contributed by atoms with E-state index in [0.717, 1.165) is 69.6 Å². The molecule has 0 bridgehead atoms. The smallest absolute Gasteiger partial charge is 0.227 e. The molecule has 0 aromatic carbocycles. The molecule has 2 aliphatic rings. The lowest BCUT2D eigenvalue weighted by Gasteiger charge is -2.47. The lowest BCUT2D eigenvalue weighted by atomic mass is 9.86. The summed E-state index contributed by atoms with van der Waals surface area (Å²) in [5.41, 5.74) is 2.24. The second kappa shape index (κ2) is 9.37. The Morgan fingerprint density at radius 1 is 1.07 bits per heavy atom. The molecular formula is C21H38N6O. The van der Waals surface area contributed by atoms with Gasteiger partial charge in [0.05, 0.1) is 0 Å². The van der Waals surface area contributed by atoms with Crippen molar-refractivity contribution in [2.45, 2.75) is 39.2 Å². The summed E-state index contributed by atoms with van der Waals surface area (Å²) in [7, 11) is 6.21. The maximum atomic E-state index is 9.43.